The Morgan fingerprint density at radius 3 is 2.57 bits per heavy atom. The van der Waals surface area contributed by atoms with Crippen LogP contribution in [0.2, 0.25) is 0 Å². The quantitative estimate of drug-likeness (QED) is 0.445. The predicted octanol–water partition coefficient (Wildman–Crippen LogP) is 3.35. The molecule has 3 aromatic heterocycles. The molecule has 4 heterocycles. The van der Waals surface area contributed by atoms with E-state index in [1.807, 2.05) is 24.4 Å². The van der Waals surface area contributed by atoms with Crippen LogP contribution in [0, 0.1) is 11.3 Å². The minimum atomic E-state index is -0.587. The molecule has 1 atom stereocenters. The van der Waals surface area contributed by atoms with Gasteiger partial charge in [0.15, 0.2) is 0 Å². The smallest absolute Gasteiger partial charge is 0.138 e. The van der Waals surface area contributed by atoms with Crippen molar-refractivity contribution < 1.29 is 9.84 Å². The van der Waals surface area contributed by atoms with Crippen molar-refractivity contribution in [2.24, 2.45) is 0 Å². The van der Waals surface area contributed by atoms with Crippen molar-refractivity contribution in [3.63, 3.8) is 0 Å². The molecular formula is C27H28N6O2. The summed E-state index contributed by atoms with van der Waals surface area (Å²) in [4.78, 5) is 9.53. The van der Waals surface area contributed by atoms with Gasteiger partial charge in [-0.25, -0.2) is 9.50 Å². The maximum absolute atomic E-state index is 9.59. The van der Waals surface area contributed by atoms with Crippen LogP contribution in [0.5, 0.6) is 5.75 Å². The summed E-state index contributed by atoms with van der Waals surface area (Å²) < 4.78 is 7.37. The molecule has 0 spiro atoms. The van der Waals surface area contributed by atoms with Gasteiger partial charge in [-0.15, -0.1) is 0 Å². The number of nitriles is 1. The van der Waals surface area contributed by atoms with E-state index in [0.29, 0.717) is 16.8 Å². The Morgan fingerprint density at radius 2 is 1.89 bits per heavy atom. The minimum Gasteiger partial charge on any atom is -0.489 e. The third-order valence-electron chi connectivity index (χ3n) is 6.20. The molecular weight excluding hydrogens is 440 g/mol. The van der Waals surface area contributed by atoms with Crippen molar-refractivity contribution in [1.29, 1.82) is 5.26 Å². The second kappa shape index (κ2) is 10.1. The Morgan fingerprint density at radius 1 is 1.09 bits per heavy atom. The first kappa shape index (κ1) is 22.8. The summed E-state index contributed by atoms with van der Waals surface area (Å²) in [5, 5.41) is 23.5. The first-order chi connectivity index (χ1) is 17.1. The second-order valence-electron chi connectivity index (χ2n) is 8.87. The molecule has 5 rings (SSSR count). The topological polar surface area (TPSA) is 89.9 Å². The maximum Gasteiger partial charge on any atom is 0.138 e. The van der Waals surface area contributed by atoms with Gasteiger partial charge in [0.2, 0.25) is 0 Å². The standard InChI is InChI=1S/C27H28N6O2/c1-20(34)19-35-24-13-25(27-23(14-28)16-30-33(27)18-24)22-7-8-26(29-15-22)32-11-9-31(10-12-32)17-21-5-3-2-4-6-21/h2-8,13,15-16,18,20,34H,9-12,17,19H2,1H3/t20-/m1/s1. The molecule has 1 aromatic carbocycles. The van der Waals surface area contributed by atoms with E-state index in [1.54, 1.807) is 23.8 Å². The summed E-state index contributed by atoms with van der Waals surface area (Å²) in [7, 11) is 0. The molecule has 0 saturated carbocycles. The van der Waals surface area contributed by atoms with Gasteiger partial charge in [-0.05, 0) is 30.7 Å². The van der Waals surface area contributed by atoms with Crippen LogP contribution < -0.4 is 9.64 Å². The summed E-state index contributed by atoms with van der Waals surface area (Å²) in [6.07, 6.45) is 4.52. The lowest BCUT2D eigenvalue weighted by Crippen LogP contribution is -2.46. The van der Waals surface area contributed by atoms with E-state index in [0.717, 1.165) is 49.7 Å². The first-order valence-corrected chi connectivity index (χ1v) is 11.8. The van der Waals surface area contributed by atoms with E-state index < -0.39 is 6.10 Å². The molecule has 0 bridgehead atoms. The average Bonchev–Trinajstić information content (AvgIpc) is 3.31. The molecule has 4 aromatic rings. The zero-order chi connectivity index (χ0) is 24.2. The Kier molecular flexibility index (Phi) is 6.62. The summed E-state index contributed by atoms with van der Waals surface area (Å²) in [5.74, 6) is 1.51. The zero-order valence-electron chi connectivity index (χ0n) is 19.7. The van der Waals surface area contributed by atoms with E-state index in [1.165, 1.54) is 5.56 Å². The summed E-state index contributed by atoms with van der Waals surface area (Å²) in [6.45, 7) is 6.64. The Balaban J connectivity index is 1.33. The van der Waals surface area contributed by atoms with E-state index in [-0.39, 0.29) is 6.61 Å². The molecule has 1 saturated heterocycles. The van der Waals surface area contributed by atoms with Crippen LogP contribution in [-0.4, -0.2) is 63.5 Å². The van der Waals surface area contributed by atoms with E-state index in [4.69, 9.17) is 9.72 Å². The predicted molar refractivity (Wildman–Crippen MR) is 134 cm³/mol. The average molecular weight is 469 g/mol. The van der Waals surface area contributed by atoms with Crippen LogP contribution >= 0.6 is 0 Å². The fraction of sp³-hybridized carbons (Fsp3) is 0.296. The van der Waals surface area contributed by atoms with Crippen LogP contribution in [0.1, 0.15) is 18.1 Å². The van der Waals surface area contributed by atoms with Crippen molar-refractivity contribution in [2.75, 3.05) is 37.7 Å². The number of piperazine rings is 1. The number of benzene rings is 1. The molecule has 1 N–H and O–H groups in total. The lowest BCUT2D eigenvalue weighted by molar-refractivity contribution is 0.122. The van der Waals surface area contributed by atoms with E-state index in [2.05, 4.69) is 51.3 Å². The van der Waals surface area contributed by atoms with Gasteiger partial charge in [-0.2, -0.15) is 10.4 Å². The Bertz CT molecular complexity index is 1320. The van der Waals surface area contributed by atoms with Crippen molar-refractivity contribution in [3.8, 4) is 22.9 Å². The normalized spacial score (nSPS) is 15.2. The molecule has 0 amide bonds. The van der Waals surface area contributed by atoms with Crippen molar-refractivity contribution in [1.82, 2.24) is 19.5 Å². The van der Waals surface area contributed by atoms with Crippen LogP contribution in [0.4, 0.5) is 5.82 Å². The number of hydrogen-bond acceptors (Lipinski definition) is 7. The van der Waals surface area contributed by atoms with Crippen LogP contribution in [-0.2, 0) is 6.54 Å². The van der Waals surface area contributed by atoms with E-state index >= 15 is 0 Å². The molecule has 1 fully saturated rings. The van der Waals surface area contributed by atoms with Crippen LogP contribution in [0.25, 0.3) is 16.6 Å². The molecule has 0 aliphatic carbocycles. The third kappa shape index (κ3) is 5.11. The van der Waals surface area contributed by atoms with E-state index in [9.17, 15) is 10.4 Å². The number of rotatable bonds is 7. The fourth-order valence-corrected chi connectivity index (χ4v) is 4.40. The lowest BCUT2D eigenvalue weighted by Gasteiger charge is -2.35. The number of ether oxygens (including phenoxy) is 1. The molecule has 1 aliphatic heterocycles. The van der Waals surface area contributed by atoms with Gasteiger partial charge in [0, 0.05) is 50.0 Å². The van der Waals surface area contributed by atoms with Gasteiger partial charge in [-0.3, -0.25) is 4.90 Å². The van der Waals surface area contributed by atoms with Gasteiger partial charge in [0.1, 0.15) is 24.2 Å². The number of anilines is 1. The second-order valence-corrected chi connectivity index (χ2v) is 8.87. The lowest BCUT2D eigenvalue weighted by atomic mass is 10.1. The highest BCUT2D eigenvalue weighted by molar-refractivity contribution is 5.85. The maximum atomic E-state index is 9.59. The number of fused-ring (bicyclic) bond motifs is 1. The Hall–Kier alpha value is -3.93. The van der Waals surface area contributed by atoms with Crippen LogP contribution in [0.3, 0.4) is 0 Å². The number of pyridine rings is 2. The monoisotopic (exact) mass is 468 g/mol. The Labute approximate surface area is 204 Å². The van der Waals surface area contributed by atoms with Crippen molar-refractivity contribution in [2.45, 2.75) is 19.6 Å². The number of nitrogens with zero attached hydrogens (tertiary/aromatic N) is 6. The number of aromatic nitrogens is 3. The molecule has 0 radical (unpaired) electrons. The summed E-state index contributed by atoms with van der Waals surface area (Å²) in [5.41, 5.74) is 4.22. The van der Waals surface area contributed by atoms with Gasteiger partial charge in [0.05, 0.1) is 29.6 Å². The molecule has 178 valence electrons. The zero-order valence-corrected chi connectivity index (χ0v) is 19.7. The first-order valence-electron chi connectivity index (χ1n) is 11.8. The largest absolute Gasteiger partial charge is 0.489 e. The SMILES string of the molecule is C[C@@H](O)COc1cc(-c2ccc(N3CCN(Cc4ccccc4)CC3)nc2)c2c(C#N)cnn2c1. The molecule has 8 nitrogen and oxygen atoms in total. The van der Waals surface area contributed by atoms with Crippen LogP contribution in [0.15, 0.2) is 67.1 Å². The van der Waals surface area contributed by atoms with Gasteiger partial charge in [0.25, 0.3) is 0 Å². The molecule has 8 heteroatoms. The summed E-state index contributed by atoms with van der Waals surface area (Å²) in [6, 6.07) is 18.7. The summed E-state index contributed by atoms with van der Waals surface area (Å²) >= 11 is 0. The number of aliphatic hydroxyl groups excluding tert-OH is 1. The highest BCUT2D eigenvalue weighted by Crippen LogP contribution is 2.31. The minimum absolute atomic E-state index is 0.171. The van der Waals surface area contributed by atoms with Gasteiger partial charge >= 0.3 is 0 Å². The third-order valence-corrected chi connectivity index (χ3v) is 6.20. The highest BCUT2D eigenvalue weighted by atomic mass is 16.5. The molecule has 35 heavy (non-hydrogen) atoms. The molecule has 1 aliphatic rings. The highest BCUT2D eigenvalue weighted by Gasteiger charge is 2.19. The van der Waals surface area contributed by atoms with Crippen molar-refractivity contribution >= 4 is 11.3 Å². The van der Waals surface area contributed by atoms with Gasteiger partial charge in [-0.1, -0.05) is 30.3 Å². The van der Waals surface area contributed by atoms with Gasteiger partial charge < -0.3 is 14.7 Å². The molecule has 0 unspecified atom stereocenters. The number of aliphatic hydroxyl groups is 1. The number of hydrogen-bond donors (Lipinski definition) is 1. The fourth-order valence-electron chi connectivity index (χ4n) is 4.40. The van der Waals surface area contributed by atoms with Crippen molar-refractivity contribution in [3.05, 3.63) is 78.2 Å².